The van der Waals surface area contributed by atoms with Crippen molar-refractivity contribution >= 4 is 0 Å². The van der Waals surface area contributed by atoms with Crippen LogP contribution in [0.15, 0.2) is 43.2 Å². The van der Waals surface area contributed by atoms with Crippen LogP contribution in [0.1, 0.15) is 12.5 Å². The van der Waals surface area contributed by atoms with Gasteiger partial charge in [-0.05, 0) is 12.5 Å². The topological polar surface area (TPSA) is 18.5 Å². The lowest BCUT2D eigenvalue weighted by Crippen LogP contribution is -2.09. The molecular formula is C11H14O2. The Kier molecular flexibility index (Phi) is 4.06. The zero-order valence-electron chi connectivity index (χ0n) is 7.77. The molecule has 1 atom stereocenters. The van der Waals surface area contributed by atoms with Crippen LogP contribution < -0.4 is 0 Å². The number of rotatable bonds is 5. The zero-order chi connectivity index (χ0) is 9.52. The SMILES string of the molecule is C=COC(C)OCc1ccccc1. The van der Waals surface area contributed by atoms with Crippen LogP contribution in [0, 0.1) is 0 Å². The maximum absolute atomic E-state index is 5.37. The van der Waals surface area contributed by atoms with Gasteiger partial charge in [-0.25, -0.2) is 0 Å². The largest absolute Gasteiger partial charge is 0.473 e. The van der Waals surface area contributed by atoms with Crippen molar-refractivity contribution in [2.45, 2.75) is 19.8 Å². The van der Waals surface area contributed by atoms with Crippen LogP contribution in [0.2, 0.25) is 0 Å². The van der Waals surface area contributed by atoms with Crippen molar-refractivity contribution in [1.29, 1.82) is 0 Å². The maximum Gasteiger partial charge on any atom is 0.196 e. The Morgan fingerprint density at radius 3 is 2.69 bits per heavy atom. The fraction of sp³-hybridized carbons (Fsp3) is 0.273. The lowest BCUT2D eigenvalue weighted by Gasteiger charge is -2.11. The van der Waals surface area contributed by atoms with Gasteiger partial charge in [-0.15, -0.1) is 0 Å². The number of benzene rings is 1. The van der Waals surface area contributed by atoms with Gasteiger partial charge in [-0.3, -0.25) is 0 Å². The van der Waals surface area contributed by atoms with Crippen molar-refractivity contribution in [3.63, 3.8) is 0 Å². The Labute approximate surface area is 78.8 Å². The van der Waals surface area contributed by atoms with E-state index in [9.17, 15) is 0 Å². The first kappa shape index (κ1) is 9.81. The average Bonchev–Trinajstić information content (AvgIpc) is 2.17. The highest BCUT2D eigenvalue weighted by Crippen LogP contribution is 2.03. The summed E-state index contributed by atoms with van der Waals surface area (Å²) in [5.74, 6) is 0. The molecule has 13 heavy (non-hydrogen) atoms. The Morgan fingerprint density at radius 1 is 1.38 bits per heavy atom. The van der Waals surface area contributed by atoms with Gasteiger partial charge in [-0.2, -0.15) is 0 Å². The van der Waals surface area contributed by atoms with Gasteiger partial charge in [0.15, 0.2) is 6.29 Å². The van der Waals surface area contributed by atoms with Crippen LogP contribution in [-0.2, 0) is 16.1 Å². The van der Waals surface area contributed by atoms with Crippen LogP contribution in [0.4, 0.5) is 0 Å². The molecule has 0 aliphatic heterocycles. The van der Waals surface area contributed by atoms with E-state index < -0.39 is 0 Å². The van der Waals surface area contributed by atoms with Gasteiger partial charge in [0.05, 0.1) is 12.9 Å². The van der Waals surface area contributed by atoms with Crippen molar-refractivity contribution in [3.8, 4) is 0 Å². The molecule has 70 valence electrons. The van der Waals surface area contributed by atoms with Crippen LogP contribution in [0.3, 0.4) is 0 Å². The fourth-order valence-corrected chi connectivity index (χ4v) is 0.963. The number of hydrogen-bond donors (Lipinski definition) is 0. The average molecular weight is 178 g/mol. The zero-order valence-corrected chi connectivity index (χ0v) is 7.77. The summed E-state index contributed by atoms with van der Waals surface area (Å²) in [5.41, 5.74) is 1.14. The van der Waals surface area contributed by atoms with Crippen LogP contribution in [0.5, 0.6) is 0 Å². The first-order valence-electron chi connectivity index (χ1n) is 4.25. The molecule has 0 spiro atoms. The van der Waals surface area contributed by atoms with Crippen molar-refractivity contribution in [1.82, 2.24) is 0 Å². The quantitative estimate of drug-likeness (QED) is 0.510. The number of hydrogen-bond acceptors (Lipinski definition) is 2. The molecule has 2 heteroatoms. The first-order valence-corrected chi connectivity index (χ1v) is 4.25. The molecule has 0 bridgehead atoms. The molecule has 0 fully saturated rings. The molecule has 0 N–H and O–H groups in total. The van der Waals surface area contributed by atoms with E-state index in [0.29, 0.717) is 6.61 Å². The van der Waals surface area contributed by atoms with Gasteiger partial charge >= 0.3 is 0 Å². The van der Waals surface area contributed by atoms with E-state index >= 15 is 0 Å². The molecule has 0 saturated heterocycles. The Bertz CT molecular complexity index is 244. The summed E-state index contributed by atoms with van der Waals surface area (Å²) in [5, 5.41) is 0. The molecule has 0 amide bonds. The fourth-order valence-electron chi connectivity index (χ4n) is 0.963. The van der Waals surface area contributed by atoms with Gasteiger partial charge in [-0.1, -0.05) is 36.9 Å². The smallest absolute Gasteiger partial charge is 0.196 e. The standard InChI is InChI=1S/C11H14O2/c1-3-12-10(2)13-9-11-7-5-4-6-8-11/h3-8,10H,1,9H2,2H3. The lowest BCUT2D eigenvalue weighted by atomic mass is 10.2. The summed E-state index contributed by atoms with van der Waals surface area (Å²) in [7, 11) is 0. The lowest BCUT2D eigenvalue weighted by molar-refractivity contribution is -0.101. The molecule has 1 aromatic rings. The summed E-state index contributed by atoms with van der Waals surface area (Å²) in [6, 6.07) is 9.98. The van der Waals surface area contributed by atoms with E-state index in [-0.39, 0.29) is 6.29 Å². The van der Waals surface area contributed by atoms with E-state index in [0.717, 1.165) is 5.56 Å². The predicted molar refractivity (Wildman–Crippen MR) is 52.0 cm³/mol. The van der Waals surface area contributed by atoms with Gasteiger partial charge in [0, 0.05) is 0 Å². The minimum absolute atomic E-state index is 0.238. The molecular weight excluding hydrogens is 164 g/mol. The minimum atomic E-state index is -0.238. The predicted octanol–water partition coefficient (Wildman–Crippen LogP) is 2.71. The van der Waals surface area contributed by atoms with E-state index in [2.05, 4.69) is 6.58 Å². The molecule has 0 aliphatic carbocycles. The van der Waals surface area contributed by atoms with Crippen LogP contribution in [0.25, 0.3) is 0 Å². The minimum Gasteiger partial charge on any atom is -0.473 e. The molecule has 0 aliphatic rings. The van der Waals surface area contributed by atoms with Crippen molar-refractivity contribution < 1.29 is 9.47 Å². The van der Waals surface area contributed by atoms with Gasteiger partial charge < -0.3 is 9.47 Å². The van der Waals surface area contributed by atoms with Crippen molar-refractivity contribution in [3.05, 3.63) is 48.7 Å². The Balaban J connectivity index is 2.30. The van der Waals surface area contributed by atoms with Crippen molar-refractivity contribution in [2.24, 2.45) is 0 Å². The normalized spacial score (nSPS) is 12.1. The molecule has 2 nitrogen and oxygen atoms in total. The van der Waals surface area contributed by atoms with Gasteiger partial charge in [0.2, 0.25) is 0 Å². The van der Waals surface area contributed by atoms with E-state index in [1.165, 1.54) is 6.26 Å². The van der Waals surface area contributed by atoms with Crippen LogP contribution >= 0.6 is 0 Å². The third-order valence-electron chi connectivity index (χ3n) is 1.62. The second kappa shape index (κ2) is 5.38. The molecule has 0 aromatic heterocycles. The molecule has 1 rings (SSSR count). The second-order valence-corrected chi connectivity index (χ2v) is 2.67. The second-order valence-electron chi connectivity index (χ2n) is 2.67. The van der Waals surface area contributed by atoms with Crippen molar-refractivity contribution in [2.75, 3.05) is 0 Å². The third-order valence-corrected chi connectivity index (χ3v) is 1.62. The van der Waals surface area contributed by atoms with E-state index in [4.69, 9.17) is 9.47 Å². The van der Waals surface area contributed by atoms with E-state index in [1.807, 2.05) is 37.3 Å². The molecule has 0 saturated carbocycles. The highest BCUT2D eigenvalue weighted by atomic mass is 16.7. The highest BCUT2D eigenvalue weighted by molar-refractivity contribution is 5.13. The molecule has 1 unspecified atom stereocenters. The monoisotopic (exact) mass is 178 g/mol. The van der Waals surface area contributed by atoms with Crippen LogP contribution in [-0.4, -0.2) is 6.29 Å². The molecule has 1 aromatic carbocycles. The summed E-state index contributed by atoms with van der Waals surface area (Å²) < 4.78 is 10.4. The molecule has 0 heterocycles. The Morgan fingerprint density at radius 2 is 2.08 bits per heavy atom. The summed E-state index contributed by atoms with van der Waals surface area (Å²) in [4.78, 5) is 0. The number of ether oxygens (including phenoxy) is 2. The highest BCUT2D eigenvalue weighted by Gasteiger charge is 1.99. The summed E-state index contributed by atoms with van der Waals surface area (Å²) in [6.07, 6.45) is 1.15. The first-order chi connectivity index (χ1) is 6.33. The maximum atomic E-state index is 5.37. The Hall–Kier alpha value is -1.28. The summed E-state index contributed by atoms with van der Waals surface area (Å²) >= 11 is 0. The van der Waals surface area contributed by atoms with Gasteiger partial charge in [0.1, 0.15) is 0 Å². The van der Waals surface area contributed by atoms with E-state index in [1.54, 1.807) is 0 Å². The third kappa shape index (κ3) is 3.76. The van der Waals surface area contributed by atoms with Gasteiger partial charge in [0.25, 0.3) is 0 Å². The molecule has 0 radical (unpaired) electrons. The summed E-state index contributed by atoms with van der Waals surface area (Å²) in [6.45, 7) is 5.86.